The second-order valence-corrected chi connectivity index (χ2v) is 11.3. The first-order valence-electron chi connectivity index (χ1n) is 14.1. The fraction of sp³-hybridized carbons (Fsp3) is 0.625. The maximum atomic E-state index is 13.0. The van der Waals surface area contributed by atoms with Gasteiger partial charge in [-0.05, 0) is 46.6 Å². The molecule has 7 heteroatoms. The molecular formula is C32H48O7. The number of allylic oxidation sites excluding steroid dienone is 1. The summed E-state index contributed by atoms with van der Waals surface area (Å²) in [7, 11) is 0. The number of hydrogen-bond acceptors (Lipinski definition) is 7. The molecule has 0 aliphatic carbocycles. The molecule has 0 aliphatic heterocycles. The van der Waals surface area contributed by atoms with E-state index < -0.39 is 30.1 Å². The van der Waals surface area contributed by atoms with Gasteiger partial charge in [0.1, 0.15) is 23.0 Å². The fourth-order valence-electron chi connectivity index (χ4n) is 5.53. The number of aliphatic hydroxyl groups excluding tert-OH is 3. The van der Waals surface area contributed by atoms with E-state index in [1.165, 1.54) is 0 Å². The van der Waals surface area contributed by atoms with E-state index in [9.17, 15) is 24.9 Å². The Morgan fingerprint density at radius 2 is 1.26 bits per heavy atom. The molecule has 0 unspecified atom stereocenters. The van der Waals surface area contributed by atoms with Gasteiger partial charge in [0.05, 0.1) is 18.3 Å². The van der Waals surface area contributed by atoms with Crippen LogP contribution in [0.2, 0.25) is 0 Å². The zero-order valence-electron chi connectivity index (χ0n) is 25.5. The van der Waals surface area contributed by atoms with Crippen molar-refractivity contribution in [3.8, 4) is 0 Å². The Bertz CT molecular complexity index is 1300. The van der Waals surface area contributed by atoms with E-state index in [0.29, 0.717) is 63.7 Å². The monoisotopic (exact) mass is 544 g/mol. The second kappa shape index (κ2) is 13.2. The average molecular weight is 545 g/mol. The normalized spacial score (nSPS) is 17.8. The van der Waals surface area contributed by atoms with Gasteiger partial charge in [-0.3, -0.25) is 9.59 Å². The van der Waals surface area contributed by atoms with Crippen LogP contribution in [-0.2, 0) is 6.42 Å². The highest BCUT2D eigenvalue weighted by Gasteiger charge is 2.32. The van der Waals surface area contributed by atoms with Gasteiger partial charge in [0, 0.05) is 52.3 Å². The topological polar surface area (TPSA) is 121 Å². The zero-order chi connectivity index (χ0) is 29.9. The molecule has 0 fully saturated rings. The Hall–Kier alpha value is -2.48. The summed E-state index contributed by atoms with van der Waals surface area (Å²) < 4.78 is 12.3. The van der Waals surface area contributed by atoms with Crippen LogP contribution < -0.4 is 10.9 Å². The van der Waals surface area contributed by atoms with Gasteiger partial charge in [-0.2, -0.15) is 0 Å². The van der Waals surface area contributed by atoms with E-state index in [1.807, 2.05) is 33.8 Å². The largest absolute Gasteiger partial charge is 0.465 e. The molecule has 218 valence electrons. The first-order valence-corrected chi connectivity index (χ1v) is 14.1. The zero-order valence-corrected chi connectivity index (χ0v) is 25.5. The van der Waals surface area contributed by atoms with Crippen LogP contribution in [0.15, 0.2) is 30.1 Å². The average Bonchev–Trinajstić information content (AvgIpc) is 2.92. The van der Waals surface area contributed by atoms with E-state index in [2.05, 4.69) is 0 Å². The summed E-state index contributed by atoms with van der Waals surface area (Å²) in [5.41, 5.74) is 2.49. The van der Waals surface area contributed by atoms with Gasteiger partial charge in [-0.1, -0.05) is 47.6 Å². The van der Waals surface area contributed by atoms with Crippen LogP contribution >= 0.6 is 0 Å². The summed E-state index contributed by atoms with van der Waals surface area (Å²) in [4.78, 5) is 25.7. The molecule has 0 amide bonds. The highest BCUT2D eigenvalue weighted by atomic mass is 16.3. The van der Waals surface area contributed by atoms with Crippen molar-refractivity contribution in [1.29, 1.82) is 0 Å². The summed E-state index contributed by atoms with van der Waals surface area (Å²) in [5, 5.41) is 32.8. The lowest BCUT2D eigenvalue weighted by molar-refractivity contribution is 0.0216. The molecule has 0 aromatic carbocycles. The number of hydrogen-bond donors (Lipinski definition) is 3. The first-order chi connectivity index (χ1) is 18.1. The lowest BCUT2D eigenvalue weighted by atomic mass is 9.83. The lowest BCUT2D eigenvalue weighted by Crippen LogP contribution is -2.35. The molecule has 0 saturated heterocycles. The van der Waals surface area contributed by atoms with Crippen molar-refractivity contribution < 1.29 is 24.2 Å². The number of aryl methyl sites for hydroxylation is 1. The summed E-state index contributed by atoms with van der Waals surface area (Å²) >= 11 is 0. The van der Waals surface area contributed by atoms with Gasteiger partial charge in [0.2, 0.25) is 0 Å². The van der Waals surface area contributed by atoms with Crippen LogP contribution in [0.1, 0.15) is 118 Å². The minimum absolute atomic E-state index is 0.0830. The molecule has 0 bridgehead atoms. The van der Waals surface area contributed by atoms with Gasteiger partial charge in [-0.25, -0.2) is 0 Å². The quantitative estimate of drug-likeness (QED) is 0.321. The van der Waals surface area contributed by atoms with E-state index in [0.717, 1.165) is 0 Å². The summed E-state index contributed by atoms with van der Waals surface area (Å²) in [6.07, 6.45) is 0.368. The van der Waals surface area contributed by atoms with Crippen molar-refractivity contribution in [2.45, 2.75) is 125 Å². The predicted octanol–water partition coefficient (Wildman–Crippen LogP) is 5.47. The molecule has 2 aromatic rings. The SMILES string of the molecule is CCc1oc([C@H](C)[C@H](O)[C@@H](C)[C@@H](O)/C(C)=C/[C@H](C)c2oc([C@@H](C)[C@H](O)CC)c(C)c(=O)c2C)c(C)c(=O)c1C. The van der Waals surface area contributed by atoms with E-state index in [4.69, 9.17) is 8.83 Å². The molecular weight excluding hydrogens is 496 g/mol. The molecule has 2 heterocycles. The Balaban J connectivity index is 2.38. The minimum Gasteiger partial charge on any atom is -0.465 e. The molecule has 2 aromatic heterocycles. The smallest absolute Gasteiger partial charge is 0.191 e. The molecule has 39 heavy (non-hydrogen) atoms. The third-order valence-electron chi connectivity index (χ3n) is 8.43. The first kappa shape index (κ1) is 32.7. The molecule has 3 N–H and O–H groups in total. The number of rotatable bonds is 11. The molecule has 7 atom stereocenters. The molecule has 0 saturated carbocycles. The number of aliphatic hydroxyl groups is 3. The van der Waals surface area contributed by atoms with Gasteiger partial charge >= 0.3 is 0 Å². The molecule has 0 radical (unpaired) electrons. The van der Waals surface area contributed by atoms with E-state index in [-0.39, 0.29) is 22.7 Å². The van der Waals surface area contributed by atoms with Crippen molar-refractivity contribution >= 4 is 0 Å². The highest BCUT2D eigenvalue weighted by Crippen LogP contribution is 2.32. The van der Waals surface area contributed by atoms with Gasteiger partial charge in [-0.15, -0.1) is 0 Å². The van der Waals surface area contributed by atoms with Crippen molar-refractivity contribution in [2.75, 3.05) is 0 Å². The summed E-state index contributed by atoms with van der Waals surface area (Å²) in [6, 6.07) is 0. The van der Waals surface area contributed by atoms with Crippen molar-refractivity contribution in [2.24, 2.45) is 5.92 Å². The Morgan fingerprint density at radius 1 is 0.769 bits per heavy atom. The van der Waals surface area contributed by atoms with Gasteiger partial charge in [0.25, 0.3) is 0 Å². The second-order valence-electron chi connectivity index (χ2n) is 11.3. The van der Waals surface area contributed by atoms with Crippen molar-refractivity contribution in [3.63, 3.8) is 0 Å². The Kier molecular flexibility index (Phi) is 11.1. The standard InChI is InChI=1S/C32H48O7/c1-12-24(33)17(5)31-23(11)29(37)20(8)30(39-31)16(4)14-15(3)26(34)19(7)28(36)22(10)32-21(9)27(35)18(6)25(13-2)38-32/h14,16-17,19,22,24,26,28,33-34,36H,12-13H2,1-11H3/b15-14+/t16-,17-,19-,22+,24+,26-,28+/m0/s1. The molecule has 0 spiro atoms. The maximum absolute atomic E-state index is 13.0. The van der Waals surface area contributed by atoms with Crippen LogP contribution in [0.5, 0.6) is 0 Å². The minimum atomic E-state index is -0.981. The van der Waals surface area contributed by atoms with Crippen LogP contribution in [0.3, 0.4) is 0 Å². The summed E-state index contributed by atoms with van der Waals surface area (Å²) in [5.74, 6) is 0.278. The fourth-order valence-corrected chi connectivity index (χ4v) is 5.53. The van der Waals surface area contributed by atoms with Crippen LogP contribution in [0, 0.1) is 33.6 Å². The third kappa shape index (κ3) is 6.64. The van der Waals surface area contributed by atoms with Crippen LogP contribution in [-0.4, -0.2) is 33.6 Å². The summed E-state index contributed by atoms with van der Waals surface area (Å²) in [6.45, 7) is 19.8. The van der Waals surface area contributed by atoms with Crippen LogP contribution in [0.25, 0.3) is 0 Å². The maximum Gasteiger partial charge on any atom is 0.191 e. The molecule has 7 nitrogen and oxygen atoms in total. The van der Waals surface area contributed by atoms with E-state index in [1.54, 1.807) is 48.5 Å². The van der Waals surface area contributed by atoms with Crippen LogP contribution in [0.4, 0.5) is 0 Å². The third-order valence-corrected chi connectivity index (χ3v) is 8.43. The van der Waals surface area contributed by atoms with Gasteiger partial charge in [0.15, 0.2) is 10.9 Å². The Morgan fingerprint density at radius 3 is 1.77 bits per heavy atom. The predicted molar refractivity (Wildman–Crippen MR) is 155 cm³/mol. The molecule has 2 rings (SSSR count). The van der Waals surface area contributed by atoms with Gasteiger partial charge < -0.3 is 24.2 Å². The van der Waals surface area contributed by atoms with Crippen molar-refractivity contribution in [1.82, 2.24) is 0 Å². The lowest BCUT2D eigenvalue weighted by Gasteiger charge is -2.30. The van der Waals surface area contributed by atoms with E-state index >= 15 is 0 Å². The van der Waals surface area contributed by atoms with Crippen molar-refractivity contribution in [3.05, 3.63) is 77.4 Å². The molecule has 0 aliphatic rings. The Labute approximate surface area is 232 Å². The highest BCUT2D eigenvalue weighted by molar-refractivity contribution is 5.32.